The molecule has 0 fully saturated rings. The summed E-state index contributed by atoms with van der Waals surface area (Å²) < 4.78 is 10.9. The number of hydrogen-bond donors (Lipinski definition) is 2. The topological polar surface area (TPSA) is 69.8 Å². The van der Waals surface area contributed by atoms with Gasteiger partial charge < -0.3 is 29.6 Å². The summed E-state index contributed by atoms with van der Waals surface area (Å²) >= 11 is 5.83. The van der Waals surface area contributed by atoms with Gasteiger partial charge in [0.25, 0.3) is 5.56 Å². The Bertz CT molecular complexity index is 1250. The van der Waals surface area contributed by atoms with Crippen molar-refractivity contribution in [2.24, 2.45) is 0 Å². The number of fused-ring (bicyclic) bond motifs is 2. The van der Waals surface area contributed by atoms with Gasteiger partial charge in [-0.25, -0.2) is 0 Å². The van der Waals surface area contributed by atoms with Crippen LogP contribution in [0.4, 0.5) is 5.69 Å². The van der Waals surface area contributed by atoms with E-state index in [-0.39, 0.29) is 12.4 Å². The molecule has 0 unspecified atom stereocenters. The molecule has 1 aliphatic heterocycles. The van der Waals surface area contributed by atoms with Crippen LogP contribution in [0.15, 0.2) is 41.2 Å². The third-order valence-electron chi connectivity index (χ3n) is 6.27. The highest BCUT2D eigenvalue weighted by molar-refractivity contribution is 7.80. The van der Waals surface area contributed by atoms with Crippen LogP contribution >= 0.6 is 12.2 Å². The Morgan fingerprint density at radius 1 is 1.06 bits per heavy atom. The smallest absolute Gasteiger partial charge is 0.253 e. The minimum atomic E-state index is -0.131. The zero-order valence-electron chi connectivity index (χ0n) is 20.2. The lowest BCUT2D eigenvalue weighted by Crippen LogP contribution is -2.41. The van der Waals surface area contributed by atoms with Crippen molar-refractivity contribution in [3.05, 3.63) is 63.4 Å². The highest BCUT2D eigenvalue weighted by Gasteiger charge is 2.18. The van der Waals surface area contributed by atoms with Crippen LogP contribution in [0.1, 0.15) is 30.5 Å². The van der Waals surface area contributed by atoms with Crippen molar-refractivity contribution >= 4 is 33.9 Å². The molecule has 0 bridgehead atoms. The van der Waals surface area contributed by atoms with E-state index in [0.29, 0.717) is 35.3 Å². The number of pyridine rings is 1. The first-order chi connectivity index (χ1) is 16.4. The Balaban J connectivity index is 1.61. The lowest BCUT2D eigenvalue weighted by molar-refractivity contribution is 0.174. The monoisotopic (exact) mass is 480 g/mol. The Hall–Kier alpha value is -3.10. The minimum absolute atomic E-state index is 0.131. The molecule has 180 valence electrons. The van der Waals surface area contributed by atoms with Gasteiger partial charge in [-0.2, -0.15) is 0 Å². The average molecular weight is 481 g/mol. The molecule has 1 aromatic heterocycles. The molecule has 8 heteroatoms. The van der Waals surface area contributed by atoms with Gasteiger partial charge in [0.2, 0.25) is 6.79 Å². The second kappa shape index (κ2) is 10.4. The summed E-state index contributed by atoms with van der Waals surface area (Å²) in [5.41, 5.74) is 4.55. The number of anilines is 1. The maximum Gasteiger partial charge on any atom is 0.253 e. The molecule has 0 radical (unpaired) electrons. The number of nitrogens with zero attached hydrogens (tertiary/aromatic N) is 2. The molecule has 3 aromatic rings. The molecule has 34 heavy (non-hydrogen) atoms. The van der Waals surface area contributed by atoms with Crippen molar-refractivity contribution in [2.75, 3.05) is 38.3 Å². The van der Waals surface area contributed by atoms with E-state index in [0.717, 1.165) is 41.8 Å². The van der Waals surface area contributed by atoms with Crippen LogP contribution in [0.2, 0.25) is 0 Å². The van der Waals surface area contributed by atoms with Crippen LogP contribution in [0.3, 0.4) is 0 Å². The van der Waals surface area contributed by atoms with Crippen LogP contribution in [-0.4, -0.2) is 52.9 Å². The summed E-state index contributed by atoms with van der Waals surface area (Å²) in [5, 5.41) is 4.90. The fourth-order valence-electron chi connectivity index (χ4n) is 4.17. The van der Waals surface area contributed by atoms with E-state index in [9.17, 15) is 4.79 Å². The third kappa shape index (κ3) is 5.34. The summed E-state index contributed by atoms with van der Waals surface area (Å²) in [7, 11) is 0. The van der Waals surface area contributed by atoms with Crippen LogP contribution in [-0.2, 0) is 6.54 Å². The fourth-order valence-corrected chi connectivity index (χ4v) is 4.43. The molecule has 1 aliphatic rings. The highest BCUT2D eigenvalue weighted by Crippen LogP contribution is 2.35. The standard InChI is InChI=1S/C26H32N4O3S/c1-5-29(6-2)9-10-30(26(34)28-21-8-7-17(3)11-18(21)4)15-20-12-19-13-23-24(33-16-32-23)14-22(19)27-25(20)31/h7-8,11-14H,5-6,9-10,15-16H2,1-4H3,(H,27,31)(H,28,34). The summed E-state index contributed by atoms with van der Waals surface area (Å²) in [6.45, 7) is 12.5. The predicted octanol–water partition coefficient (Wildman–Crippen LogP) is 4.41. The molecule has 7 nitrogen and oxygen atoms in total. The number of ether oxygens (including phenoxy) is 2. The van der Waals surface area contributed by atoms with Crippen molar-refractivity contribution in [3.8, 4) is 11.5 Å². The molecular weight excluding hydrogens is 448 g/mol. The minimum Gasteiger partial charge on any atom is -0.454 e. The van der Waals surface area contributed by atoms with Crippen LogP contribution < -0.4 is 20.3 Å². The normalized spacial score (nSPS) is 12.4. The van der Waals surface area contributed by atoms with Crippen molar-refractivity contribution in [1.82, 2.24) is 14.8 Å². The van der Waals surface area contributed by atoms with Crippen LogP contribution in [0.25, 0.3) is 10.9 Å². The first-order valence-corrected chi connectivity index (χ1v) is 12.1. The molecule has 0 amide bonds. The molecule has 2 aromatic carbocycles. The number of hydrogen-bond acceptors (Lipinski definition) is 5. The summed E-state index contributed by atoms with van der Waals surface area (Å²) in [5.74, 6) is 1.34. The van der Waals surface area contributed by atoms with Gasteiger partial charge in [-0.05, 0) is 62.9 Å². The molecule has 0 saturated heterocycles. The Labute approximate surface area is 205 Å². The molecular formula is C26H32N4O3S. The Kier molecular flexibility index (Phi) is 7.38. The van der Waals surface area contributed by atoms with Gasteiger partial charge >= 0.3 is 0 Å². The number of nitrogens with one attached hydrogen (secondary N) is 2. The number of aromatic nitrogens is 1. The van der Waals surface area contributed by atoms with E-state index >= 15 is 0 Å². The van der Waals surface area contributed by atoms with Gasteiger partial charge in [0, 0.05) is 35.8 Å². The van der Waals surface area contributed by atoms with E-state index in [4.69, 9.17) is 21.7 Å². The lowest BCUT2D eigenvalue weighted by Gasteiger charge is -2.29. The molecule has 0 spiro atoms. The van der Waals surface area contributed by atoms with Gasteiger partial charge in [-0.15, -0.1) is 0 Å². The van der Waals surface area contributed by atoms with E-state index in [1.807, 2.05) is 24.3 Å². The molecule has 0 aliphatic carbocycles. The van der Waals surface area contributed by atoms with E-state index in [1.165, 1.54) is 5.56 Å². The number of aryl methyl sites for hydroxylation is 2. The number of benzene rings is 2. The second-order valence-corrected chi connectivity index (χ2v) is 9.00. The number of H-pyrrole nitrogens is 1. The number of thiocarbonyl (C=S) groups is 1. The molecule has 4 rings (SSSR count). The van der Waals surface area contributed by atoms with Crippen LogP contribution in [0, 0.1) is 13.8 Å². The van der Waals surface area contributed by atoms with Crippen LogP contribution in [0.5, 0.6) is 11.5 Å². The first kappa shape index (κ1) is 24.0. The third-order valence-corrected chi connectivity index (χ3v) is 6.63. The van der Waals surface area contributed by atoms with E-state index < -0.39 is 0 Å². The quantitative estimate of drug-likeness (QED) is 0.463. The number of aromatic amines is 1. The summed E-state index contributed by atoms with van der Waals surface area (Å²) in [6.07, 6.45) is 0. The summed E-state index contributed by atoms with van der Waals surface area (Å²) in [4.78, 5) is 20.4. The van der Waals surface area contributed by atoms with E-state index in [2.05, 4.69) is 59.9 Å². The van der Waals surface area contributed by atoms with Gasteiger partial charge in [-0.3, -0.25) is 4.79 Å². The average Bonchev–Trinajstić information content (AvgIpc) is 3.26. The van der Waals surface area contributed by atoms with Gasteiger partial charge in [0.05, 0.1) is 12.1 Å². The van der Waals surface area contributed by atoms with Gasteiger partial charge in [0.1, 0.15) is 0 Å². The van der Waals surface area contributed by atoms with Gasteiger partial charge in [0.15, 0.2) is 16.6 Å². The highest BCUT2D eigenvalue weighted by atomic mass is 32.1. The van der Waals surface area contributed by atoms with Crippen molar-refractivity contribution in [3.63, 3.8) is 0 Å². The second-order valence-electron chi connectivity index (χ2n) is 8.61. The molecule has 2 N–H and O–H groups in total. The fraction of sp³-hybridized carbons (Fsp3) is 0.385. The molecule has 2 heterocycles. The first-order valence-electron chi connectivity index (χ1n) is 11.7. The largest absolute Gasteiger partial charge is 0.454 e. The molecule has 0 saturated carbocycles. The van der Waals surface area contributed by atoms with Crippen molar-refractivity contribution < 1.29 is 9.47 Å². The molecule has 0 atom stereocenters. The predicted molar refractivity (Wildman–Crippen MR) is 141 cm³/mol. The van der Waals surface area contributed by atoms with Gasteiger partial charge in [-0.1, -0.05) is 31.5 Å². The van der Waals surface area contributed by atoms with Crippen molar-refractivity contribution in [1.29, 1.82) is 0 Å². The maximum absolute atomic E-state index is 13.0. The SMILES string of the molecule is CCN(CC)CCN(Cc1cc2cc3c(cc2[nH]c1=O)OCO3)C(=S)Nc1ccc(C)cc1C. The van der Waals surface area contributed by atoms with Crippen molar-refractivity contribution in [2.45, 2.75) is 34.2 Å². The summed E-state index contributed by atoms with van der Waals surface area (Å²) in [6, 6.07) is 11.9. The zero-order chi connectivity index (χ0) is 24.2. The van der Waals surface area contributed by atoms with E-state index in [1.54, 1.807) is 0 Å². The lowest BCUT2D eigenvalue weighted by atomic mass is 10.1. The number of rotatable bonds is 8. The zero-order valence-corrected chi connectivity index (χ0v) is 21.1. The Morgan fingerprint density at radius 2 is 1.79 bits per heavy atom. The maximum atomic E-state index is 13.0. The number of likely N-dealkylation sites (N-methyl/N-ethyl adjacent to an activating group) is 1. The Morgan fingerprint density at radius 3 is 2.50 bits per heavy atom.